The van der Waals surface area contributed by atoms with Crippen LogP contribution in [0.15, 0.2) is 53.4 Å². The van der Waals surface area contributed by atoms with E-state index in [1.807, 2.05) is 19.9 Å². The molecule has 0 amide bonds. The minimum absolute atomic E-state index is 0.147. The van der Waals surface area contributed by atoms with Gasteiger partial charge in [-0.3, -0.25) is 0 Å². The van der Waals surface area contributed by atoms with Crippen LogP contribution < -0.4 is 0 Å². The fourth-order valence-electron chi connectivity index (χ4n) is 1.87. The average Bonchev–Trinajstić information content (AvgIpc) is 2.57. The van der Waals surface area contributed by atoms with Gasteiger partial charge in [-0.25, -0.2) is 4.39 Å². The van der Waals surface area contributed by atoms with Crippen molar-refractivity contribution in [3.8, 4) is 0 Å². The Hall–Kier alpha value is -1.28. The highest BCUT2D eigenvalue weighted by atomic mass is 32.2. The largest absolute Gasteiger partial charge is 0.207 e. The molecule has 0 atom stereocenters. The van der Waals surface area contributed by atoms with Crippen LogP contribution in [0, 0.1) is 5.82 Å². The number of hydrogen-bond donors (Lipinski definition) is 0. The third-order valence-corrected chi connectivity index (χ3v) is 4.00. The SMILES string of the molecule is CC.CC(C)c1cccc(F)c1.CSc1cccc(C(C)C)c1. The summed E-state index contributed by atoms with van der Waals surface area (Å²) < 4.78 is 12.5. The molecule has 0 bridgehead atoms. The Morgan fingerprint density at radius 1 is 0.783 bits per heavy atom. The molecular formula is C21H31FS. The molecule has 0 fully saturated rings. The van der Waals surface area contributed by atoms with Crippen molar-refractivity contribution < 1.29 is 4.39 Å². The van der Waals surface area contributed by atoms with Gasteiger partial charge in [0.1, 0.15) is 5.82 Å². The van der Waals surface area contributed by atoms with Gasteiger partial charge in [0.05, 0.1) is 0 Å². The number of halogens is 1. The summed E-state index contributed by atoms with van der Waals surface area (Å²) in [6.45, 7) is 12.5. The molecule has 0 nitrogen and oxygen atoms in total. The normalized spacial score (nSPS) is 9.83. The molecule has 0 aliphatic heterocycles. The Bertz CT molecular complexity index is 547. The fraction of sp³-hybridized carbons (Fsp3) is 0.429. The zero-order valence-corrected chi connectivity index (χ0v) is 16.4. The second kappa shape index (κ2) is 12.2. The molecule has 0 saturated carbocycles. The minimum Gasteiger partial charge on any atom is -0.207 e. The van der Waals surface area contributed by atoms with Crippen molar-refractivity contribution in [2.75, 3.05) is 6.26 Å². The standard InChI is InChI=1S/C10H14S.C9H11F.C2H6/c1-8(2)9-5-4-6-10(7-9)11-3;1-7(2)8-4-3-5-9(10)6-8;1-2/h4-8H,1-3H3;3-7H,1-2H3;1-2H3. The van der Waals surface area contributed by atoms with Crippen LogP contribution in [0.25, 0.3) is 0 Å². The van der Waals surface area contributed by atoms with Crippen LogP contribution in [0.4, 0.5) is 4.39 Å². The summed E-state index contributed by atoms with van der Waals surface area (Å²) >= 11 is 1.80. The van der Waals surface area contributed by atoms with E-state index in [1.54, 1.807) is 23.9 Å². The Morgan fingerprint density at radius 3 is 1.65 bits per heavy atom. The summed E-state index contributed by atoms with van der Waals surface area (Å²) in [5.74, 6) is 0.906. The molecule has 0 aromatic heterocycles. The Kier molecular flexibility index (Phi) is 11.5. The summed E-state index contributed by atoms with van der Waals surface area (Å²) in [7, 11) is 0. The fourth-order valence-corrected chi connectivity index (χ4v) is 2.33. The Labute approximate surface area is 146 Å². The van der Waals surface area contributed by atoms with Crippen molar-refractivity contribution >= 4 is 11.8 Å². The van der Waals surface area contributed by atoms with Crippen molar-refractivity contribution in [2.24, 2.45) is 0 Å². The third kappa shape index (κ3) is 8.80. The molecule has 2 rings (SSSR count). The van der Waals surface area contributed by atoms with Crippen molar-refractivity contribution in [1.29, 1.82) is 0 Å². The Balaban J connectivity index is 0.000000381. The lowest BCUT2D eigenvalue weighted by atomic mass is 10.0. The highest BCUT2D eigenvalue weighted by Crippen LogP contribution is 2.20. The molecule has 2 aromatic carbocycles. The maximum Gasteiger partial charge on any atom is 0.123 e. The molecule has 2 heteroatoms. The Morgan fingerprint density at radius 2 is 1.26 bits per heavy atom. The zero-order valence-electron chi connectivity index (χ0n) is 15.6. The van der Waals surface area contributed by atoms with Gasteiger partial charge in [0.25, 0.3) is 0 Å². The van der Waals surface area contributed by atoms with E-state index in [-0.39, 0.29) is 5.82 Å². The minimum atomic E-state index is -0.147. The van der Waals surface area contributed by atoms with Gasteiger partial charge in [-0.2, -0.15) is 0 Å². The molecule has 128 valence electrons. The van der Waals surface area contributed by atoms with Gasteiger partial charge < -0.3 is 0 Å². The highest BCUT2D eigenvalue weighted by molar-refractivity contribution is 7.98. The van der Waals surface area contributed by atoms with E-state index in [4.69, 9.17) is 0 Å². The molecule has 0 aliphatic carbocycles. The van der Waals surface area contributed by atoms with Crippen molar-refractivity contribution in [1.82, 2.24) is 0 Å². The monoisotopic (exact) mass is 334 g/mol. The van der Waals surface area contributed by atoms with E-state index >= 15 is 0 Å². The lowest BCUT2D eigenvalue weighted by Crippen LogP contribution is -1.86. The van der Waals surface area contributed by atoms with Gasteiger partial charge in [0, 0.05) is 4.90 Å². The van der Waals surface area contributed by atoms with Gasteiger partial charge >= 0.3 is 0 Å². The molecule has 0 spiro atoms. The zero-order chi connectivity index (χ0) is 17.8. The molecule has 0 N–H and O–H groups in total. The predicted octanol–water partition coefficient (Wildman–Crippen LogP) is 7.51. The highest BCUT2D eigenvalue weighted by Gasteiger charge is 1.98. The van der Waals surface area contributed by atoms with Gasteiger partial charge in [0.15, 0.2) is 0 Å². The van der Waals surface area contributed by atoms with E-state index in [9.17, 15) is 4.39 Å². The van der Waals surface area contributed by atoms with Crippen molar-refractivity contribution in [2.45, 2.75) is 58.3 Å². The first-order chi connectivity index (χ1) is 10.9. The first-order valence-corrected chi connectivity index (χ1v) is 9.56. The first kappa shape index (κ1) is 21.7. The summed E-state index contributed by atoms with van der Waals surface area (Å²) in [6, 6.07) is 15.4. The lowest BCUT2D eigenvalue weighted by Gasteiger charge is -2.05. The van der Waals surface area contributed by atoms with Crippen molar-refractivity contribution in [3.05, 3.63) is 65.5 Å². The lowest BCUT2D eigenvalue weighted by molar-refractivity contribution is 0.623. The number of benzene rings is 2. The summed E-state index contributed by atoms with van der Waals surface area (Å²) in [5, 5.41) is 0. The van der Waals surface area contributed by atoms with Gasteiger partial charge in [-0.1, -0.05) is 65.8 Å². The van der Waals surface area contributed by atoms with Crippen LogP contribution in [-0.4, -0.2) is 6.26 Å². The van der Waals surface area contributed by atoms with E-state index < -0.39 is 0 Å². The van der Waals surface area contributed by atoms with Gasteiger partial charge in [-0.15, -0.1) is 11.8 Å². The number of rotatable bonds is 3. The van der Waals surface area contributed by atoms with Crippen LogP contribution >= 0.6 is 11.8 Å². The van der Waals surface area contributed by atoms with E-state index in [1.165, 1.54) is 16.5 Å². The molecule has 2 aromatic rings. The maximum absolute atomic E-state index is 12.5. The third-order valence-electron chi connectivity index (χ3n) is 3.28. The van der Waals surface area contributed by atoms with E-state index in [0.29, 0.717) is 11.8 Å². The van der Waals surface area contributed by atoms with Crippen molar-refractivity contribution in [3.63, 3.8) is 0 Å². The second-order valence-electron chi connectivity index (χ2n) is 5.64. The molecule has 0 saturated heterocycles. The van der Waals surface area contributed by atoms with Crippen LogP contribution in [-0.2, 0) is 0 Å². The molecule has 23 heavy (non-hydrogen) atoms. The smallest absolute Gasteiger partial charge is 0.123 e. The number of hydrogen-bond acceptors (Lipinski definition) is 1. The maximum atomic E-state index is 12.5. The van der Waals surface area contributed by atoms with Gasteiger partial charge in [0.2, 0.25) is 0 Å². The van der Waals surface area contributed by atoms with Crippen LogP contribution in [0.1, 0.15) is 64.5 Å². The van der Waals surface area contributed by atoms with E-state index in [0.717, 1.165) is 5.56 Å². The quantitative estimate of drug-likeness (QED) is 0.523. The first-order valence-electron chi connectivity index (χ1n) is 8.33. The summed E-state index contributed by atoms with van der Waals surface area (Å²) in [4.78, 5) is 1.36. The molecule has 0 radical (unpaired) electrons. The number of thioether (sulfide) groups is 1. The summed E-state index contributed by atoms with van der Waals surface area (Å²) in [5.41, 5.74) is 2.48. The van der Waals surface area contributed by atoms with Crippen LogP contribution in [0.5, 0.6) is 0 Å². The molecule has 0 heterocycles. The average molecular weight is 335 g/mol. The summed E-state index contributed by atoms with van der Waals surface area (Å²) in [6.07, 6.45) is 2.11. The second-order valence-corrected chi connectivity index (χ2v) is 6.52. The predicted molar refractivity (Wildman–Crippen MR) is 104 cm³/mol. The molecular weight excluding hydrogens is 303 g/mol. The van der Waals surface area contributed by atoms with E-state index in [2.05, 4.69) is 58.2 Å². The molecule has 0 unspecified atom stereocenters. The van der Waals surface area contributed by atoms with Crippen LogP contribution in [0.3, 0.4) is 0 Å². The van der Waals surface area contributed by atoms with Gasteiger partial charge in [-0.05, 0) is 53.5 Å². The topological polar surface area (TPSA) is 0 Å². The molecule has 0 aliphatic rings. The van der Waals surface area contributed by atoms with Crippen LogP contribution in [0.2, 0.25) is 0 Å².